The Kier molecular flexibility index (Phi) is 15.1. The van der Waals surface area contributed by atoms with Crippen LogP contribution in [-0.4, -0.2) is 46.2 Å². The number of esters is 1. The summed E-state index contributed by atoms with van der Waals surface area (Å²) in [6.45, 7) is 5.69. The van der Waals surface area contributed by atoms with E-state index in [2.05, 4.69) is 0 Å². The number of unbranched alkanes of at least 4 members (excludes halogenated alkanes) is 8. The van der Waals surface area contributed by atoms with Gasteiger partial charge in [0.05, 0.1) is 12.2 Å². The lowest BCUT2D eigenvalue weighted by Crippen LogP contribution is -2.34. The van der Waals surface area contributed by atoms with Crippen molar-refractivity contribution in [2.75, 3.05) is 0 Å². The van der Waals surface area contributed by atoms with Gasteiger partial charge in [0.25, 0.3) is 5.92 Å². The van der Waals surface area contributed by atoms with Crippen LogP contribution in [0.1, 0.15) is 124 Å². The highest BCUT2D eigenvalue weighted by molar-refractivity contribution is 5.84. The Bertz CT molecular complexity index is 581. The van der Waals surface area contributed by atoms with Crippen LogP contribution in [0.4, 0.5) is 8.78 Å². The third-order valence-corrected chi connectivity index (χ3v) is 6.97. The number of hydrogen-bond donors (Lipinski definition) is 2. The van der Waals surface area contributed by atoms with Crippen LogP contribution in [-0.2, 0) is 14.3 Å². The van der Waals surface area contributed by atoms with E-state index in [1.165, 1.54) is 0 Å². The largest absolute Gasteiger partial charge is 0.463 e. The zero-order valence-corrected chi connectivity index (χ0v) is 21.6. The molecule has 7 heteroatoms. The molecule has 200 valence electrons. The van der Waals surface area contributed by atoms with Gasteiger partial charge in [0.1, 0.15) is 11.9 Å². The van der Waals surface area contributed by atoms with Crippen molar-refractivity contribution in [2.45, 2.75) is 148 Å². The van der Waals surface area contributed by atoms with E-state index in [4.69, 9.17) is 4.74 Å². The molecule has 0 unspecified atom stereocenters. The fraction of sp³-hybridized carbons (Fsp3) is 0.926. The normalized spacial score (nSPS) is 21.9. The minimum absolute atomic E-state index is 0.0157. The number of hydrogen-bond acceptors (Lipinski definition) is 5. The van der Waals surface area contributed by atoms with Crippen LogP contribution in [0.25, 0.3) is 0 Å². The first kappa shape index (κ1) is 31.0. The number of ketones is 1. The van der Waals surface area contributed by atoms with Gasteiger partial charge in [-0.3, -0.25) is 9.59 Å². The molecule has 0 spiro atoms. The number of halogens is 2. The van der Waals surface area contributed by atoms with Gasteiger partial charge in [0, 0.05) is 25.2 Å². The van der Waals surface area contributed by atoms with Crippen LogP contribution in [0.5, 0.6) is 0 Å². The molecule has 1 aliphatic rings. The number of carbonyl (C=O) groups is 2. The molecular formula is C27H48F2O5. The van der Waals surface area contributed by atoms with Gasteiger partial charge in [-0.25, -0.2) is 8.78 Å². The number of alkyl halides is 2. The third-order valence-electron chi connectivity index (χ3n) is 6.97. The fourth-order valence-electron chi connectivity index (χ4n) is 4.96. The Morgan fingerprint density at radius 3 is 2.29 bits per heavy atom. The Hall–Kier alpha value is -1.08. The van der Waals surface area contributed by atoms with Crippen molar-refractivity contribution in [3.63, 3.8) is 0 Å². The maximum atomic E-state index is 14.3. The number of rotatable bonds is 19. The van der Waals surface area contributed by atoms with Gasteiger partial charge in [-0.05, 0) is 51.9 Å². The molecule has 0 saturated heterocycles. The van der Waals surface area contributed by atoms with E-state index in [1.54, 1.807) is 0 Å². The predicted octanol–water partition coefficient (Wildman–Crippen LogP) is 6.37. The minimum Gasteiger partial charge on any atom is -0.463 e. The Labute approximate surface area is 205 Å². The zero-order valence-electron chi connectivity index (χ0n) is 21.6. The summed E-state index contributed by atoms with van der Waals surface area (Å²) >= 11 is 0. The summed E-state index contributed by atoms with van der Waals surface area (Å²) in [7, 11) is 0. The lowest BCUT2D eigenvalue weighted by atomic mass is 9.84. The topological polar surface area (TPSA) is 83.8 Å². The second-order valence-electron chi connectivity index (χ2n) is 10.4. The molecule has 0 aliphatic heterocycles. The SMILES string of the molecule is CCCCCCC(F)(F)[C@H](O)CC[C@H]1[C@H](O)CC(=O)[C@@H]1CCCCCCCCC(=O)OC(C)C. The van der Waals surface area contributed by atoms with Crippen LogP contribution in [0, 0.1) is 11.8 Å². The minimum atomic E-state index is -3.12. The molecule has 0 aromatic carbocycles. The zero-order chi connectivity index (χ0) is 25.6. The van der Waals surface area contributed by atoms with Gasteiger partial charge in [0.15, 0.2) is 0 Å². The molecule has 0 aromatic rings. The highest BCUT2D eigenvalue weighted by Crippen LogP contribution is 2.38. The van der Waals surface area contributed by atoms with Crippen LogP contribution in [0.2, 0.25) is 0 Å². The first-order valence-corrected chi connectivity index (χ1v) is 13.5. The van der Waals surface area contributed by atoms with Gasteiger partial charge in [-0.1, -0.05) is 58.3 Å². The van der Waals surface area contributed by atoms with E-state index in [1.807, 2.05) is 20.8 Å². The second-order valence-corrected chi connectivity index (χ2v) is 10.4. The van der Waals surface area contributed by atoms with Crippen LogP contribution in [0.3, 0.4) is 0 Å². The Morgan fingerprint density at radius 1 is 1.03 bits per heavy atom. The first-order valence-electron chi connectivity index (χ1n) is 13.5. The molecular weight excluding hydrogens is 442 g/mol. The van der Waals surface area contributed by atoms with Gasteiger partial charge in [-0.15, -0.1) is 0 Å². The molecule has 34 heavy (non-hydrogen) atoms. The van der Waals surface area contributed by atoms with Gasteiger partial charge < -0.3 is 14.9 Å². The molecule has 4 atom stereocenters. The number of Topliss-reactive ketones (excluding diaryl/α,β-unsaturated/α-hetero) is 1. The van der Waals surface area contributed by atoms with Crippen molar-refractivity contribution in [3.05, 3.63) is 0 Å². The highest BCUT2D eigenvalue weighted by atomic mass is 19.3. The molecule has 5 nitrogen and oxygen atoms in total. The van der Waals surface area contributed by atoms with Gasteiger partial charge >= 0.3 is 5.97 Å². The maximum absolute atomic E-state index is 14.3. The average molecular weight is 491 g/mol. The standard InChI is InChI=1S/C27H48F2O5/c1-4-5-6-13-18-27(28,29)25(32)17-16-22-21(23(30)19-24(22)31)14-11-9-7-8-10-12-15-26(33)34-20(2)3/h20-22,24-25,31-32H,4-19H2,1-3H3/t21-,22-,24-,25-/m1/s1. The number of aliphatic hydroxyl groups is 2. The molecule has 1 saturated carbocycles. The lowest BCUT2D eigenvalue weighted by molar-refractivity contribution is -0.147. The van der Waals surface area contributed by atoms with Crippen molar-refractivity contribution in [3.8, 4) is 0 Å². The average Bonchev–Trinajstić information content (AvgIpc) is 3.02. The Balaban J connectivity index is 2.30. The third kappa shape index (κ3) is 12.1. The molecule has 0 heterocycles. The van der Waals surface area contributed by atoms with E-state index in [0.29, 0.717) is 19.3 Å². The van der Waals surface area contributed by atoms with Crippen molar-refractivity contribution >= 4 is 11.8 Å². The number of aliphatic hydroxyl groups excluding tert-OH is 2. The Morgan fingerprint density at radius 2 is 1.65 bits per heavy atom. The summed E-state index contributed by atoms with van der Waals surface area (Å²) in [6.07, 6.45) is 7.05. The smallest absolute Gasteiger partial charge is 0.306 e. The van der Waals surface area contributed by atoms with E-state index in [0.717, 1.165) is 57.8 Å². The van der Waals surface area contributed by atoms with Crippen molar-refractivity contribution in [1.82, 2.24) is 0 Å². The molecule has 1 rings (SSSR count). The van der Waals surface area contributed by atoms with Crippen molar-refractivity contribution in [2.24, 2.45) is 11.8 Å². The van der Waals surface area contributed by atoms with E-state index in [-0.39, 0.29) is 55.4 Å². The summed E-state index contributed by atoms with van der Waals surface area (Å²) in [4.78, 5) is 23.9. The van der Waals surface area contributed by atoms with Gasteiger partial charge in [-0.2, -0.15) is 0 Å². The molecule has 0 radical (unpaired) electrons. The monoisotopic (exact) mass is 490 g/mol. The lowest BCUT2D eigenvalue weighted by Gasteiger charge is -2.26. The molecule has 2 N–H and O–H groups in total. The second kappa shape index (κ2) is 16.6. The molecule has 0 amide bonds. The van der Waals surface area contributed by atoms with E-state index >= 15 is 0 Å². The van der Waals surface area contributed by atoms with E-state index < -0.39 is 18.1 Å². The quantitative estimate of drug-likeness (QED) is 0.162. The number of ether oxygens (including phenoxy) is 1. The number of carbonyl (C=O) groups excluding carboxylic acids is 2. The molecule has 1 fully saturated rings. The summed E-state index contributed by atoms with van der Waals surface area (Å²) in [5.74, 6) is -3.90. The summed E-state index contributed by atoms with van der Waals surface area (Å²) < 4.78 is 33.6. The van der Waals surface area contributed by atoms with Crippen molar-refractivity contribution in [1.29, 1.82) is 0 Å². The highest BCUT2D eigenvalue weighted by Gasteiger charge is 2.43. The summed E-state index contributed by atoms with van der Waals surface area (Å²) in [6, 6.07) is 0. The summed E-state index contributed by atoms with van der Waals surface area (Å²) in [5, 5.41) is 20.4. The summed E-state index contributed by atoms with van der Waals surface area (Å²) in [5.41, 5.74) is 0. The first-order chi connectivity index (χ1) is 16.1. The molecule has 0 aromatic heterocycles. The van der Waals surface area contributed by atoms with Crippen molar-refractivity contribution < 1.29 is 33.3 Å². The maximum Gasteiger partial charge on any atom is 0.306 e. The molecule has 1 aliphatic carbocycles. The van der Waals surface area contributed by atoms with Crippen LogP contribution < -0.4 is 0 Å². The molecule has 0 bridgehead atoms. The fourth-order valence-corrected chi connectivity index (χ4v) is 4.96. The predicted molar refractivity (Wildman–Crippen MR) is 130 cm³/mol. The van der Waals surface area contributed by atoms with Gasteiger partial charge in [0.2, 0.25) is 0 Å². The van der Waals surface area contributed by atoms with Crippen LogP contribution >= 0.6 is 0 Å². The van der Waals surface area contributed by atoms with Crippen LogP contribution in [0.15, 0.2) is 0 Å². The van der Waals surface area contributed by atoms with E-state index in [9.17, 15) is 28.6 Å².